The molecule has 3 rings (SSSR count). The molecular formula is C17H14N2O2. The van der Waals surface area contributed by atoms with Crippen LogP contribution in [0.2, 0.25) is 0 Å². The zero-order valence-electron chi connectivity index (χ0n) is 11.8. The van der Waals surface area contributed by atoms with E-state index in [4.69, 9.17) is 0 Å². The maximum Gasteiger partial charge on any atom is 0.212 e. The summed E-state index contributed by atoms with van der Waals surface area (Å²) in [6.45, 7) is 0. The van der Waals surface area contributed by atoms with Crippen molar-refractivity contribution in [3.05, 3.63) is 70.7 Å². The standard InChI is InChI=1S/C17H14N2O2/c1-19(2)10-8-11-7-9-18-15-14(11)16(20)12-5-3-4-6-13(12)17(15)21/h3-10H,1-2H3/b10-8+. The second kappa shape index (κ2) is 4.98. The Morgan fingerprint density at radius 3 is 2.33 bits per heavy atom. The first kappa shape index (κ1) is 13.2. The van der Waals surface area contributed by atoms with Gasteiger partial charge in [-0.05, 0) is 23.9 Å². The third-order valence-corrected chi connectivity index (χ3v) is 3.39. The van der Waals surface area contributed by atoms with Crippen LogP contribution in [0.5, 0.6) is 0 Å². The molecule has 0 saturated carbocycles. The first-order valence-corrected chi connectivity index (χ1v) is 6.61. The maximum atomic E-state index is 12.7. The van der Waals surface area contributed by atoms with Crippen molar-refractivity contribution in [3.8, 4) is 0 Å². The minimum atomic E-state index is -0.194. The molecule has 1 aliphatic rings. The summed E-state index contributed by atoms with van der Waals surface area (Å²) in [6, 6.07) is 8.62. The van der Waals surface area contributed by atoms with Crippen molar-refractivity contribution in [3.63, 3.8) is 0 Å². The van der Waals surface area contributed by atoms with Gasteiger partial charge in [0.05, 0.1) is 5.56 Å². The highest BCUT2D eigenvalue weighted by Crippen LogP contribution is 2.28. The SMILES string of the molecule is CN(C)/C=C/c1ccnc2c1C(=O)c1ccccc1C2=O. The average Bonchev–Trinajstić information content (AvgIpc) is 2.50. The van der Waals surface area contributed by atoms with Gasteiger partial charge >= 0.3 is 0 Å². The topological polar surface area (TPSA) is 50.3 Å². The number of fused-ring (bicyclic) bond motifs is 2. The van der Waals surface area contributed by atoms with Gasteiger partial charge in [0.25, 0.3) is 0 Å². The van der Waals surface area contributed by atoms with E-state index in [9.17, 15) is 9.59 Å². The Kier molecular flexibility index (Phi) is 3.14. The van der Waals surface area contributed by atoms with Gasteiger partial charge in [-0.3, -0.25) is 14.6 Å². The number of pyridine rings is 1. The minimum absolute atomic E-state index is 0.147. The molecule has 0 amide bonds. The molecule has 0 radical (unpaired) electrons. The summed E-state index contributed by atoms with van der Waals surface area (Å²) in [4.78, 5) is 31.2. The Hall–Kier alpha value is -2.75. The van der Waals surface area contributed by atoms with Crippen molar-refractivity contribution in [2.24, 2.45) is 0 Å². The van der Waals surface area contributed by atoms with E-state index in [1.54, 1.807) is 36.5 Å². The number of aromatic nitrogens is 1. The highest BCUT2D eigenvalue weighted by Gasteiger charge is 2.31. The molecule has 4 nitrogen and oxygen atoms in total. The van der Waals surface area contributed by atoms with Gasteiger partial charge < -0.3 is 4.90 Å². The summed E-state index contributed by atoms with van der Waals surface area (Å²) in [5.74, 6) is -0.341. The number of hydrogen-bond donors (Lipinski definition) is 0. The Bertz CT molecular complexity index is 776. The number of rotatable bonds is 2. The number of carbonyl (C=O) groups excluding carboxylic acids is 2. The van der Waals surface area contributed by atoms with Gasteiger partial charge in [0.2, 0.25) is 5.78 Å². The lowest BCUT2D eigenvalue weighted by atomic mass is 9.85. The van der Waals surface area contributed by atoms with Crippen LogP contribution in [-0.4, -0.2) is 35.5 Å². The van der Waals surface area contributed by atoms with Gasteiger partial charge in [-0.25, -0.2) is 0 Å². The molecule has 0 aliphatic heterocycles. The van der Waals surface area contributed by atoms with Gasteiger partial charge in [-0.1, -0.05) is 24.3 Å². The fourth-order valence-electron chi connectivity index (χ4n) is 2.40. The Morgan fingerprint density at radius 2 is 1.67 bits per heavy atom. The molecule has 2 aromatic rings. The molecule has 0 unspecified atom stereocenters. The largest absolute Gasteiger partial charge is 0.383 e. The number of hydrogen-bond acceptors (Lipinski definition) is 4. The zero-order valence-corrected chi connectivity index (χ0v) is 11.8. The number of benzene rings is 1. The Labute approximate surface area is 122 Å². The van der Waals surface area contributed by atoms with E-state index in [2.05, 4.69) is 4.98 Å². The third-order valence-electron chi connectivity index (χ3n) is 3.39. The third kappa shape index (κ3) is 2.14. The van der Waals surface area contributed by atoms with Crippen LogP contribution in [0.25, 0.3) is 6.08 Å². The van der Waals surface area contributed by atoms with Gasteiger partial charge in [-0.2, -0.15) is 0 Å². The average molecular weight is 278 g/mol. The number of nitrogens with zero attached hydrogens (tertiary/aromatic N) is 2. The monoisotopic (exact) mass is 278 g/mol. The van der Waals surface area contributed by atoms with E-state index >= 15 is 0 Å². The fourth-order valence-corrected chi connectivity index (χ4v) is 2.40. The molecule has 0 spiro atoms. The van der Waals surface area contributed by atoms with Crippen LogP contribution < -0.4 is 0 Å². The number of ketones is 2. The summed E-state index contributed by atoms with van der Waals surface area (Å²) in [7, 11) is 3.79. The van der Waals surface area contributed by atoms with Gasteiger partial charge in [-0.15, -0.1) is 0 Å². The lowest BCUT2D eigenvalue weighted by Gasteiger charge is -2.18. The van der Waals surface area contributed by atoms with Gasteiger partial charge in [0.15, 0.2) is 5.78 Å². The van der Waals surface area contributed by atoms with E-state index < -0.39 is 0 Å². The summed E-state index contributed by atoms with van der Waals surface area (Å²) in [6.07, 6.45) is 5.22. The molecule has 0 bridgehead atoms. The van der Waals surface area contributed by atoms with Crippen molar-refractivity contribution in [1.82, 2.24) is 9.88 Å². The second-order valence-electron chi connectivity index (χ2n) is 5.11. The summed E-state index contributed by atoms with van der Waals surface area (Å²) in [5.41, 5.74) is 2.21. The summed E-state index contributed by atoms with van der Waals surface area (Å²) in [5, 5.41) is 0. The molecule has 1 aromatic heterocycles. The van der Waals surface area contributed by atoms with E-state index in [1.807, 2.05) is 31.3 Å². The lowest BCUT2D eigenvalue weighted by molar-refractivity contribution is 0.0975. The molecule has 0 atom stereocenters. The Morgan fingerprint density at radius 1 is 1.00 bits per heavy atom. The van der Waals surface area contributed by atoms with Crippen molar-refractivity contribution < 1.29 is 9.59 Å². The fraction of sp³-hybridized carbons (Fsp3) is 0.118. The van der Waals surface area contributed by atoms with Crippen molar-refractivity contribution in [1.29, 1.82) is 0 Å². The van der Waals surface area contributed by atoms with Crippen LogP contribution in [0.4, 0.5) is 0 Å². The zero-order chi connectivity index (χ0) is 15.0. The van der Waals surface area contributed by atoms with Gasteiger partial charge in [0.1, 0.15) is 5.69 Å². The molecule has 104 valence electrons. The van der Waals surface area contributed by atoms with Crippen molar-refractivity contribution >= 4 is 17.6 Å². The summed E-state index contributed by atoms with van der Waals surface area (Å²) >= 11 is 0. The lowest BCUT2D eigenvalue weighted by Crippen LogP contribution is -2.23. The summed E-state index contributed by atoms with van der Waals surface area (Å²) < 4.78 is 0. The second-order valence-corrected chi connectivity index (χ2v) is 5.11. The van der Waals surface area contributed by atoms with Crippen LogP contribution in [0.1, 0.15) is 37.5 Å². The Balaban J connectivity index is 2.21. The molecule has 4 heteroatoms. The molecule has 0 fully saturated rings. The molecule has 1 aromatic carbocycles. The van der Waals surface area contributed by atoms with Crippen LogP contribution in [0.15, 0.2) is 42.7 Å². The maximum absolute atomic E-state index is 12.7. The first-order chi connectivity index (χ1) is 10.1. The van der Waals surface area contributed by atoms with Crippen molar-refractivity contribution in [2.75, 3.05) is 14.1 Å². The quantitative estimate of drug-likeness (QED) is 0.722. The molecule has 21 heavy (non-hydrogen) atoms. The van der Waals surface area contributed by atoms with Crippen LogP contribution in [-0.2, 0) is 0 Å². The van der Waals surface area contributed by atoms with Crippen molar-refractivity contribution in [2.45, 2.75) is 0 Å². The normalized spacial score (nSPS) is 13.2. The highest BCUT2D eigenvalue weighted by molar-refractivity contribution is 6.28. The van der Waals surface area contributed by atoms with E-state index in [1.165, 1.54) is 0 Å². The van der Waals surface area contributed by atoms with E-state index in [-0.39, 0.29) is 17.3 Å². The van der Waals surface area contributed by atoms with Crippen LogP contribution >= 0.6 is 0 Å². The molecule has 0 N–H and O–H groups in total. The predicted octanol–water partition coefficient (Wildman–Crippen LogP) is 2.39. The van der Waals surface area contributed by atoms with E-state index in [0.29, 0.717) is 22.3 Å². The van der Waals surface area contributed by atoms with Crippen LogP contribution in [0, 0.1) is 0 Å². The predicted molar refractivity (Wildman–Crippen MR) is 80.3 cm³/mol. The highest BCUT2D eigenvalue weighted by atomic mass is 16.1. The molecule has 1 heterocycles. The van der Waals surface area contributed by atoms with Crippen LogP contribution in [0.3, 0.4) is 0 Å². The molecular weight excluding hydrogens is 264 g/mol. The number of carbonyl (C=O) groups is 2. The smallest absolute Gasteiger partial charge is 0.212 e. The minimum Gasteiger partial charge on any atom is -0.383 e. The van der Waals surface area contributed by atoms with Gasteiger partial charge in [0, 0.05) is 31.4 Å². The molecule has 0 saturated heterocycles. The van der Waals surface area contributed by atoms with E-state index in [0.717, 1.165) is 0 Å². The molecule has 1 aliphatic carbocycles. The first-order valence-electron chi connectivity index (χ1n) is 6.61.